The maximum Gasteiger partial charge on any atom is 0.181 e. The summed E-state index contributed by atoms with van der Waals surface area (Å²) in [6.07, 6.45) is 2.47. The molecule has 0 aliphatic rings. The van der Waals surface area contributed by atoms with E-state index in [1.807, 2.05) is 6.07 Å². The van der Waals surface area contributed by atoms with Crippen LogP contribution in [0.1, 0.15) is 19.4 Å². The molecule has 0 saturated carbocycles. The fourth-order valence-electron chi connectivity index (χ4n) is 1.81. The Hall–Kier alpha value is -1.39. The Kier molecular flexibility index (Phi) is 3.68. The quantitative estimate of drug-likeness (QED) is 0.878. The molecule has 0 amide bonds. The van der Waals surface area contributed by atoms with Crippen molar-refractivity contribution in [1.82, 2.24) is 9.88 Å². The number of likely N-dealkylation sites (N-methyl/N-ethyl adjacent to an activating group) is 1. The van der Waals surface area contributed by atoms with Crippen molar-refractivity contribution in [3.63, 3.8) is 0 Å². The predicted octanol–water partition coefficient (Wildman–Crippen LogP) is 2.04. The van der Waals surface area contributed by atoms with E-state index in [2.05, 4.69) is 42.9 Å². The average Bonchev–Trinajstić information content (AvgIpc) is 2.83. The Balaban J connectivity index is 2.01. The number of rotatable bonds is 5. The van der Waals surface area contributed by atoms with Crippen LogP contribution in [-0.4, -0.2) is 35.6 Å². The standard InChI is InChI=1S/C14H21N3O/c1-14(2,9-15)17(3)7-6-11-4-5-12-13(8-11)18-10-16-12/h4-5,8,10H,6-7,9,15H2,1-3H3. The van der Waals surface area contributed by atoms with Crippen molar-refractivity contribution in [3.8, 4) is 0 Å². The van der Waals surface area contributed by atoms with E-state index in [1.54, 1.807) is 0 Å². The van der Waals surface area contributed by atoms with Crippen molar-refractivity contribution < 1.29 is 4.42 Å². The second-order valence-electron chi connectivity index (χ2n) is 5.34. The number of nitrogens with two attached hydrogens (primary N) is 1. The summed E-state index contributed by atoms with van der Waals surface area (Å²) in [5, 5.41) is 0. The molecule has 4 heteroatoms. The normalized spacial score (nSPS) is 12.5. The zero-order valence-electron chi connectivity index (χ0n) is 11.3. The van der Waals surface area contributed by atoms with E-state index in [0.717, 1.165) is 24.1 Å². The smallest absolute Gasteiger partial charge is 0.181 e. The first kappa shape index (κ1) is 13.1. The van der Waals surface area contributed by atoms with E-state index in [-0.39, 0.29) is 5.54 Å². The van der Waals surface area contributed by atoms with Crippen molar-refractivity contribution in [1.29, 1.82) is 0 Å². The van der Waals surface area contributed by atoms with Crippen molar-refractivity contribution in [2.24, 2.45) is 5.73 Å². The molecule has 2 aromatic rings. The van der Waals surface area contributed by atoms with Gasteiger partial charge in [0.15, 0.2) is 12.0 Å². The highest BCUT2D eigenvalue weighted by atomic mass is 16.3. The molecule has 0 spiro atoms. The monoisotopic (exact) mass is 247 g/mol. The highest BCUT2D eigenvalue weighted by Gasteiger charge is 2.20. The maximum absolute atomic E-state index is 5.77. The molecule has 0 radical (unpaired) electrons. The van der Waals surface area contributed by atoms with E-state index in [1.165, 1.54) is 12.0 Å². The molecular weight excluding hydrogens is 226 g/mol. The third-order valence-corrected chi connectivity index (χ3v) is 3.66. The molecule has 0 unspecified atom stereocenters. The number of fused-ring (bicyclic) bond motifs is 1. The summed E-state index contributed by atoms with van der Waals surface area (Å²) in [5.74, 6) is 0. The van der Waals surface area contributed by atoms with E-state index in [9.17, 15) is 0 Å². The first-order valence-electron chi connectivity index (χ1n) is 6.26. The fourth-order valence-corrected chi connectivity index (χ4v) is 1.81. The molecule has 0 aliphatic carbocycles. The summed E-state index contributed by atoms with van der Waals surface area (Å²) in [6, 6.07) is 6.17. The first-order valence-corrected chi connectivity index (χ1v) is 6.26. The Labute approximate surface area is 108 Å². The number of benzene rings is 1. The van der Waals surface area contributed by atoms with Crippen LogP contribution in [0.3, 0.4) is 0 Å². The molecule has 18 heavy (non-hydrogen) atoms. The highest BCUT2D eigenvalue weighted by molar-refractivity contribution is 5.72. The van der Waals surface area contributed by atoms with Gasteiger partial charge in [0.1, 0.15) is 5.52 Å². The zero-order chi connectivity index (χ0) is 13.2. The van der Waals surface area contributed by atoms with Gasteiger partial charge < -0.3 is 10.2 Å². The maximum atomic E-state index is 5.77. The van der Waals surface area contributed by atoms with Crippen molar-refractivity contribution in [2.45, 2.75) is 25.8 Å². The van der Waals surface area contributed by atoms with Gasteiger partial charge in [-0.3, -0.25) is 4.90 Å². The van der Waals surface area contributed by atoms with Gasteiger partial charge in [0.25, 0.3) is 0 Å². The Morgan fingerprint density at radius 1 is 1.39 bits per heavy atom. The van der Waals surface area contributed by atoms with Crippen molar-refractivity contribution in [2.75, 3.05) is 20.1 Å². The van der Waals surface area contributed by atoms with Crippen LogP contribution in [0.15, 0.2) is 29.0 Å². The molecule has 2 rings (SSSR count). The van der Waals surface area contributed by atoms with Crippen LogP contribution in [0, 0.1) is 0 Å². The predicted molar refractivity (Wildman–Crippen MR) is 73.5 cm³/mol. The molecule has 0 aliphatic heterocycles. The average molecular weight is 247 g/mol. The molecule has 0 fully saturated rings. The molecule has 98 valence electrons. The van der Waals surface area contributed by atoms with Crippen LogP contribution in [0.5, 0.6) is 0 Å². The van der Waals surface area contributed by atoms with Crippen LogP contribution < -0.4 is 5.73 Å². The molecular formula is C14H21N3O. The molecule has 0 saturated heterocycles. The minimum Gasteiger partial charge on any atom is -0.443 e. The summed E-state index contributed by atoms with van der Waals surface area (Å²) >= 11 is 0. The highest BCUT2D eigenvalue weighted by Crippen LogP contribution is 2.16. The minimum atomic E-state index is 0.0380. The van der Waals surface area contributed by atoms with E-state index in [4.69, 9.17) is 10.2 Å². The zero-order valence-corrected chi connectivity index (χ0v) is 11.3. The van der Waals surface area contributed by atoms with Gasteiger partial charge in [-0.1, -0.05) is 6.07 Å². The summed E-state index contributed by atoms with van der Waals surface area (Å²) in [4.78, 5) is 6.40. The Morgan fingerprint density at radius 3 is 2.89 bits per heavy atom. The van der Waals surface area contributed by atoms with Gasteiger partial charge in [-0.15, -0.1) is 0 Å². The number of aromatic nitrogens is 1. The number of hydrogen-bond acceptors (Lipinski definition) is 4. The summed E-state index contributed by atoms with van der Waals surface area (Å²) in [6.45, 7) is 5.95. The summed E-state index contributed by atoms with van der Waals surface area (Å²) in [7, 11) is 2.11. The lowest BCUT2D eigenvalue weighted by Gasteiger charge is -2.34. The minimum absolute atomic E-state index is 0.0380. The van der Waals surface area contributed by atoms with E-state index >= 15 is 0 Å². The van der Waals surface area contributed by atoms with Gasteiger partial charge in [-0.2, -0.15) is 0 Å². The van der Waals surface area contributed by atoms with Gasteiger partial charge in [-0.05, 0) is 45.0 Å². The molecule has 2 N–H and O–H groups in total. The van der Waals surface area contributed by atoms with Gasteiger partial charge in [0.2, 0.25) is 0 Å². The fraction of sp³-hybridized carbons (Fsp3) is 0.500. The van der Waals surface area contributed by atoms with Crippen LogP contribution in [0.2, 0.25) is 0 Å². The van der Waals surface area contributed by atoms with Gasteiger partial charge in [0.05, 0.1) is 0 Å². The van der Waals surface area contributed by atoms with Gasteiger partial charge >= 0.3 is 0 Å². The molecule has 1 aromatic carbocycles. The topological polar surface area (TPSA) is 55.3 Å². The van der Waals surface area contributed by atoms with Crippen LogP contribution in [0.4, 0.5) is 0 Å². The SMILES string of the molecule is CN(CCc1ccc2ncoc2c1)C(C)(C)CN. The largest absolute Gasteiger partial charge is 0.443 e. The second-order valence-corrected chi connectivity index (χ2v) is 5.34. The lowest BCUT2D eigenvalue weighted by molar-refractivity contribution is 0.166. The molecule has 0 bridgehead atoms. The molecule has 0 atom stereocenters. The van der Waals surface area contributed by atoms with Crippen LogP contribution >= 0.6 is 0 Å². The Morgan fingerprint density at radius 2 is 2.17 bits per heavy atom. The Bertz CT molecular complexity index is 518. The summed E-state index contributed by atoms with van der Waals surface area (Å²) < 4.78 is 5.31. The molecule has 1 aromatic heterocycles. The van der Waals surface area contributed by atoms with Crippen LogP contribution in [-0.2, 0) is 6.42 Å². The third kappa shape index (κ3) is 2.71. The van der Waals surface area contributed by atoms with Gasteiger partial charge in [0, 0.05) is 18.6 Å². The van der Waals surface area contributed by atoms with E-state index < -0.39 is 0 Å². The van der Waals surface area contributed by atoms with Crippen molar-refractivity contribution in [3.05, 3.63) is 30.2 Å². The van der Waals surface area contributed by atoms with Crippen molar-refractivity contribution >= 4 is 11.1 Å². The van der Waals surface area contributed by atoms with E-state index in [0.29, 0.717) is 6.54 Å². The first-order chi connectivity index (χ1) is 8.53. The number of hydrogen-bond donors (Lipinski definition) is 1. The second kappa shape index (κ2) is 5.08. The summed E-state index contributed by atoms with van der Waals surface area (Å²) in [5.41, 5.74) is 8.84. The van der Waals surface area contributed by atoms with Crippen LogP contribution in [0.25, 0.3) is 11.1 Å². The lowest BCUT2D eigenvalue weighted by atomic mass is 10.0. The lowest BCUT2D eigenvalue weighted by Crippen LogP contribution is -2.47. The molecule has 4 nitrogen and oxygen atoms in total. The molecule has 1 heterocycles. The van der Waals surface area contributed by atoms with Gasteiger partial charge in [-0.25, -0.2) is 4.98 Å². The number of nitrogens with zero attached hydrogens (tertiary/aromatic N) is 2. The number of oxazole rings is 1. The third-order valence-electron chi connectivity index (χ3n) is 3.66.